The van der Waals surface area contributed by atoms with Gasteiger partial charge in [-0.1, -0.05) is 12.1 Å². The van der Waals surface area contributed by atoms with Gasteiger partial charge in [0.2, 0.25) is 0 Å². The van der Waals surface area contributed by atoms with Gasteiger partial charge < -0.3 is 10.3 Å². The van der Waals surface area contributed by atoms with E-state index in [1.54, 1.807) is 11.3 Å². The zero-order valence-electron chi connectivity index (χ0n) is 11.7. The number of hydrogen-bond acceptors (Lipinski definition) is 4. The van der Waals surface area contributed by atoms with Gasteiger partial charge in [-0.05, 0) is 26.0 Å². The first-order chi connectivity index (χ1) is 9.69. The Balaban J connectivity index is 1.94. The highest BCUT2D eigenvalue weighted by Crippen LogP contribution is 2.21. The van der Waals surface area contributed by atoms with Crippen molar-refractivity contribution < 1.29 is 0 Å². The van der Waals surface area contributed by atoms with Crippen LogP contribution in [0.4, 0.5) is 0 Å². The van der Waals surface area contributed by atoms with Gasteiger partial charge in [-0.2, -0.15) is 0 Å². The minimum Gasteiger partial charge on any atom is -0.328 e. The molecule has 0 aliphatic rings. The molecular weight excluding hydrogens is 268 g/mol. The lowest BCUT2D eigenvalue weighted by molar-refractivity contribution is 0.627. The SMILES string of the molecule is CCn1c(CC(N)c2csc(C)n2)nc2ccccc21. The summed E-state index contributed by atoms with van der Waals surface area (Å²) in [5.74, 6) is 1.03. The molecule has 0 aliphatic heterocycles. The highest BCUT2D eigenvalue weighted by Gasteiger charge is 2.15. The number of fused-ring (bicyclic) bond motifs is 1. The third-order valence-corrected chi connectivity index (χ3v) is 4.26. The highest BCUT2D eigenvalue weighted by atomic mass is 32.1. The van der Waals surface area contributed by atoms with Gasteiger partial charge in [0.25, 0.3) is 0 Å². The quantitative estimate of drug-likeness (QED) is 0.802. The second-order valence-corrected chi connectivity index (χ2v) is 5.93. The molecule has 5 heteroatoms. The topological polar surface area (TPSA) is 56.7 Å². The Labute approximate surface area is 122 Å². The summed E-state index contributed by atoms with van der Waals surface area (Å²) in [5, 5.41) is 3.10. The fourth-order valence-electron chi connectivity index (χ4n) is 2.49. The maximum atomic E-state index is 6.28. The smallest absolute Gasteiger partial charge is 0.111 e. The van der Waals surface area contributed by atoms with Gasteiger partial charge in [0.15, 0.2) is 0 Å². The van der Waals surface area contributed by atoms with Crippen molar-refractivity contribution in [2.75, 3.05) is 0 Å². The zero-order chi connectivity index (χ0) is 14.1. The second-order valence-electron chi connectivity index (χ2n) is 4.86. The minimum absolute atomic E-state index is 0.0953. The van der Waals surface area contributed by atoms with Crippen molar-refractivity contribution >= 4 is 22.4 Å². The Hall–Kier alpha value is -1.72. The molecule has 2 N–H and O–H groups in total. The van der Waals surface area contributed by atoms with Crippen LogP contribution in [0.3, 0.4) is 0 Å². The highest BCUT2D eigenvalue weighted by molar-refractivity contribution is 7.09. The molecular formula is C15H18N4S. The molecule has 0 bridgehead atoms. The first-order valence-corrected chi connectivity index (χ1v) is 7.68. The van der Waals surface area contributed by atoms with Crippen LogP contribution in [0.15, 0.2) is 29.6 Å². The van der Waals surface area contributed by atoms with Crippen molar-refractivity contribution in [2.24, 2.45) is 5.73 Å². The van der Waals surface area contributed by atoms with E-state index in [0.29, 0.717) is 6.42 Å². The maximum Gasteiger partial charge on any atom is 0.111 e. The van der Waals surface area contributed by atoms with Gasteiger partial charge >= 0.3 is 0 Å². The predicted molar refractivity (Wildman–Crippen MR) is 82.9 cm³/mol. The minimum atomic E-state index is -0.0953. The van der Waals surface area contributed by atoms with E-state index in [2.05, 4.69) is 22.5 Å². The molecule has 1 atom stereocenters. The van der Waals surface area contributed by atoms with E-state index in [1.165, 1.54) is 5.52 Å². The van der Waals surface area contributed by atoms with Crippen molar-refractivity contribution in [3.8, 4) is 0 Å². The number of aromatic nitrogens is 3. The molecule has 0 amide bonds. The molecule has 2 aromatic heterocycles. The van der Waals surface area contributed by atoms with Gasteiger partial charge in [0.1, 0.15) is 5.82 Å². The summed E-state index contributed by atoms with van der Waals surface area (Å²) in [6, 6.07) is 8.12. The summed E-state index contributed by atoms with van der Waals surface area (Å²) in [6.45, 7) is 5.04. The number of imidazole rings is 1. The van der Waals surface area contributed by atoms with E-state index >= 15 is 0 Å². The van der Waals surface area contributed by atoms with Crippen molar-refractivity contribution in [3.05, 3.63) is 46.2 Å². The van der Waals surface area contributed by atoms with E-state index in [0.717, 1.165) is 28.6 Å². The second kappa shape index (κ2) is 5.34. The van der Waals surface area contributed by atoms with E-state index in [-0.39, 0.29) is 6.04 Å². The molecule has 0 aliphatic carbocycles. The number of hydrogen-bond donors (Lipinski definition) is 1. The third-order valence-electron chi connectivity index (χ3n) is 3.47. The Morgan fingerprint density at radius 1 is 1.30 bits per heavy atom. The summed E-state index contributed by atoms with van der Waals surface area (Å²) in [4.78, 5) is 9.19. The van der Waals surface area contributed by atoms with Crippen molar-refractivity contribution in [1.82, 2.24) is 14.5 Å². The summed E-state index contributed by atoms with van der Waals surface area (Å²) < 4.78 is 2.23. The average Bonchev–Trinajstić information content (AvgIpc) is 3.01. The molecule has 0 radical (unpaired) electrons. The summed E-state index contributed by atoms with van der Waals surface area (Å²) in [5.41, 5.74) is 9.44. The van der Waals surface area contributed by atoms with Crippen LogP contribution < -0.4 is 5.73 Å². The van der Waals surface area contributed by atoms with Gasteiger partial charge in [-0.25, -0.2) is 9.97 Å². The van der Waals surface area contributed by atoms with Gasteiger partial charge in [0.05, 0.1) is 27.8 Å². The fraction of sp³-hybridized carbons (Fsp3) is 0.333. The largest absolute Gasteiger partial charge is 0.328 e. The number of thiazole rings is 1. The van der Waals surface area contributed by atoms with Crippen molar-refractivity contribution in [1.29, 1.82) is 0 Å². The van der Waals surface area contributed by atoms with Gasteiger partial charge in [0, 0.05) is 18.3 Å². The number of rotatable bonds is 4. The molecule has 4 nitrogen and oxygen atoms in total. The van der Waals surface area contributed by atoms with Gasteiger partial charge in [-0.3, -0.25) is 0 Å². The first-order valence-electron chi connectivity index (χ1n) is 6.80. The molecule has 0 spiro atoms. The monoisotopic (exact) mass is 286 g/mol. The van der Waals surface area contributed by atoms with Crippen LogP contribution in [0.5, 0.6) is 0 Å². The lowest BCUT2D eigenvalue weighted by Gasteiger charge is -2.10. The molecule has 0 saturated heterocycles. The summed E-state index contributed by atoms with van der Waals surface area (Å²) >= 11 is 1.64. The first kappa shape index (κ1) is 13.3. The maximum absolute atomic E-state index is 6.28. The van der Waals surface area contributed by atoms with Gasteiger partial charge in [-0.15, -0.1) is 11.3 Å². The number of nitrogens with zero attached hydrogens (tertiary/aromatic N) is 3. The third kappa shape index (κ3) is 2.34. The predicted octanol–water partition coefficient (Wildman–Crippen LogP) is 3.06. The number of para-hydroxylation sites is 2. The normalized spacial score (nSPS) is 12.9. The lowest BCUT2D eigenvalue weighted by Crippen LogP contribution is -2.16. The Kier molecular flexibility index (Phi) is 3.54. The van der Waals surface area contributed by atoms with Crippen LogP contribution in [0.2, 0.25) is 0 Å². The van der Waals surface area contributed by atoms with Crippen LogP contribution in [0, 0.1) is 6.92 Å². The summed E-state index contributed by atoms with van der Waals surface area (Å²) in [6.07, 6.45) is 0.714. The van der Waals surface area contributed by atoms with Crippen LogP contribution in [-0.4, -0.2) is 14.5 Å². The Morgan fingerprint density at radius 2 is 2.10 bits per heavy atom. The standard InChI is InChI=1S/C15H18N4S/c1-3-19-14-7-5-4-6-12(14)18-15(19)8-11(16)13-9-20-10(2)17-13/h4-7,9,11H,3,8,16H2,1-2H3. The fourth-order valence-corrected chi connectivity index (χ4v) is 3.16. The molecule has 0 saturated carbocycles. The van der Waals surface area contributed by atoms with E-state index in [4.69, 9.17) is 10.7 Å². The Bertz CT molecular complexity index is 728. The number of benzene rings is 1. The number of aryl methyl sites for hydroxylation is 2. The molecule has 3 aromatic rings. The van der Waals surface area contributed by atoms with E-state index < -0.39 is 0 Å². The summed E-state index contributed by atoms with van der Waals surface area (Å²) in [7, 11) is 0. The molecule has 104 valence electrons. The van der Waals surface area contributed by atoms with E-state index in [1.807, 2.05) is 30.5 Å². The van der Waals surface area contributed by atoms with E-state index in [9.17, 15) is 0 Å². The van der Waals surface area contributed by atoms with Crippen LogP contribution in [-0.2, 0) is 13.0 Å². The molecule has 3 rings (SSSR count). The molecule has 1 aromatic carbocycles. The Morgan fingerprint density at radius 3 is 2.80 bits per heavy atom. The molecule has 0 fully saturated rings. The van der Waals surface area contributed by atoms with Crippen LogP contribution >= 0.6 is 11.3 Å². The van der Waals surface area contributed by atoms with Crippen molar-refractivity contribution in [3.63, 3.8) is 0 Å². The molecule has 1 unspecified atom stereocenters. The molecule has 20 heavy (non-hydrogen) atoms. The van der Waals surface area contributed by atoms with Crippen molar-refractivity contribution in [2.45, 2.75) is 32.9 Å². The average molecular weight is 286 g/mol. The molecule has 2 heterocycles. The lowest BCUT2D eigenvalue weighted by atomic mass is 10.1. The number of nitrogens with two attached hydrogens (primary N) is 1. The van der Waals surface area contributed by atoms with Crippen LogP contribution in [0.25, 0.3) is 11.0 Å². The zero-order valence-corrected chi connectivity index (χ0v) is 12.5. The van der Waals surface area contributed by atoms with Crippen LogP contribution in [0.1, 0.15) is 29.5 Å².